The Morgan fingerprint density at radius 2 is 1.67 bits per heavy atom. The van der Waals surface area contributed by atoms with E-state index in [1.165, 1.54) is 0 Å². The number of likely N-dealkylation sites (N-methyl/N-ethyl adjacent to an activating group) is 1. The van der Waals surface area contributed by atoms with Gasteiger partial charge in [0.25, 0.3) is 0 Å². The van der Waals surface area contributed by atoms with E-state index in [0.717, 1.165) is 31.5 Å². The van der Waals surface area contributed by atoms with E-state index in [1.54, 1.807) is 6.07 Å². The van der Waals surface area contributed by atoms with Crippen LogP contribution in [0.1, 0.15) is 46.1 Å². The van der Waals surface area contributed by atoms with Crippen LogP contribution in [0.4, 0.5) is 0 Å². The third-order valence-electron chi connectivity index (χ3n) is 4.67. The second kappa shape index (κ2) is 8.38. The molecule has 1 aromatic rings. The molecule has 0 aliphatic carbocycles. The zero-order valence-electron chi connectivity index (χ0n) is 13.5. The number of aliphatic hydroxyl groups excluding tert-OH is 1. The van der Waals surface area contributed by atoms with Crippen molar-refractivity contribution in [3.05, 3.63) is 33.8 Å². The van der Waals surface area contributed by atoms with Gasteiger partial charge in [0.2, 0.25) is 0 Å². The van der Waals surface area contributed by atoms with Gasteiger partial charge in [-0.3, -0.25) is 4.90 Å². The monoisotopic (exact) mass is 331 g/mol. The summed E-state index contributed by atoms with van der Waals surface area (Å²) in [5, 5.41) is 12.2. The SMILES string of the molecule is CCN(CC)C(CC)(CC)C(O)Cc1ccc(Cl)cc1Cl. The van der Waals surface area contributed by atoms with E-state index >= 15 is 0 Å². The highest BCUT2D eigenvalue weighted by molar-refractivity contribution is 6.35. The smallest absolute Gasteiger partial charge is 0.0764 e. The maximum atomic E-state index is 10.9. The molecular weight excluding hydrogens is 305 g/mol. The first-order valence-electron chi connectivity index (χ1n) is 7.82. The van der Waals surface area contributed by atoms with Crippen LogP contribution >= 0.6 is 23.2 Å². The lowest BCUT2D eigenvalue weighted by molar-refractivity contribution is -0.0340. The predicted molar refractivity (Wildman–Crippen MR) is 92.4 cm³/mol. The van der Waals surface area contributed by atoms with Gasteiger partial charge in [-0.15, -0.1) is 0 Å². The Morgan fingerprint density at radius 3 is 2.10 bits per heavy atom. The van der Waals surface area contributed by atoms with Gasteiger partial charge < -0.3 is 5.11 Å². The Bertz CT molecular complexity index is 442. The number of hydrogen-bond donors (Lipinski definition) is 1. The van der Waals surface area contributed by atoms with Gasteiger partial charge in [0, 0.05) is 22.0 Å². The van der Waals surface area contributed by atoms with Crippen molar-refractivity contribution in [1.82, 2.24) is 4.90 Å². The molecule has 21 heavy (non-hydrogen) atoms. The fourth-order valence-electron chi connectivity index (χ4n) is 3.32. The minimum atomic E-state index is -0.453. The van der Waals surface area contributed by atoms with E-state index < -0.39 is 6.10 Å². The molecular formula is C17H27Cl2NO. The predicted octanol–water partition coefficient (Wildman–Crippen LogP) is 4.80. The Balaban J connectivity index is 3.03. The molecule has 2 nitrogen and oxygen atoms in total. The third kappa shape index (κ3) is 4.13. The minimum absolute atomic E-state index is 0.202. The van der Waals surface area contributed by atoms with Gasteiger partial charge in [0.15, 0.2) is 0 Å². The second-order valence-corrected chi connectivity index (χ2v) is 6.28. The lowest BCUT2D eigenvalue weighted by Gasteiger charge is -2.46. The molecule has 0 radical (unpaired) electrons. The summed E-state index contributed by atoms with van der Waals surface area (Å²) in [6.07, 6.45) is 1.93. The summed E-state index contributed by atoms with van der Waals surface area (Å²) in [4.78, 5) is 2.36. The normalized spacial score (nSPS) is 13.7. The van der Waals surface area contributed by atoms with E-state index in [9.17, 15) is 5.11 Å². The molecule has 0 aliphatic rings. The lowest BCUT2D eigenvalue weighted by atomic mass is 9.81. The molecule has 1 rings (SSSR count). The Labute approximate surface area is 139 Å². The molecule has 120 valence electrons. The Hall–Kier alpha value is -0.280. The van der Waals surface area contributed by atoms with Crippen molar-refractivity contribution >= 4 is 23.2 Å². The van der Waals surface area contributed by atoms with E-state index in [2.05, 4.69) is 32.6 Å². The van der Waals surface area contributed by atoms with Crippen LogP contribution in [0.2, 0.25) is 10.0 Å². The molecule has 1 N–H and O–H groups in total. The van der Waals surface area contributed by atoms with E-state index in [4.69, 9.17) is 23.2 Å². The molecule has 1 aromatic carbocycles. The van der Waals surface area contributed by atoms with Gasteiger partial charge in [0.05, 0.1) is 6.10 Å². The molecule has 1 atom stereocenters. The molecule has 0 aromatic heterocycles. The van der Waals surface area contributed by atoms with Crippen molar-refractivity contribution in [2.24, 2.45) is 0 Å². The summed E-state index contributed by atoms with van der Waals surface area (Å²) in [6.45, 7) is 10.5. The van der Waals surface area contributed by atoms with Crippen LogP contribution in [-0.4, -0.2) is 34.7 Å². The zero-order valence-corrected chi connectivity index (χ0v) is 15.0. The van der Waals surface area contributed by atoms with Crippen LogP contribution in [0.5, 0.6) is 0 Å². The van der Waals surface area contributed by atoms with E-state index in [1.807, 2.05) is 12.1 Å². The van der Waals surface area contributed by atoms with E-state index in [0.29, 0.717) is 16.5 Å². The summed E-state index contributed by atoms with van der Waals surface area (Å²) < 4.78 is 0. The van der Waals surface area contributed by atoms with Crippen molar-refractivity contribution < 1.29 is 5.11 Å². The lowest BCUT2D eigenvalue weighted by Crippen LogP contribution is -2.56. The fourth-order valence-corrected chi connectivity index (χ4v) is 3.80. The number of rotatable bonds is 8. The largest absolute Gasteiger partial charge is 0.391 e. The first kappa shape index (κ1) is 18.8. The summed E-state index contributed by atoms with van der Waals surface area (Å²) in [5.41, 5.74) is 0.749. The third-order valence-corrected chi connectivity index (χ3v) is 5.25. The highest BCUT2D eigenvalue weighted by atomic mass is 35.5. The average molecular weight is 332 g/mol. The molecule has 0 aliphatic heterocycles. The number of hydrogen-bond acceptors (Lipinski definition) is 2. The first-order chi connectivity index (χ1) is 9.94. The van der Waals surface area contributed by atoms with Gasteiger partial charge in [-0.1, -0.05) is 57.0 Å². The van der Waals surface area contributed by atoms with Gasteiger partial charge in [-0.25, -0.2) is 0 Å². The summed E-state index contributed by atoms with van der Waals surface area (Å²) in [5.74, 6) is 0. The molecule has 0 fully saturated rings. The summed E-state index contributed by atoms with van der Waals surface area (Å²) in [6, 6.07) is 5.47. The van der Waals surface area contributed by atoms with Crippen LogP contribution in [-0.2, 0) is 6.42 Å². The van der Waals surface area contributed by atoms with Crippen LogP contribution in [0.25, 0.3) is 0 Å². The molecule has 0 spiro atoms. The summed E-state index contributed by atoms with van der Waals surface area (Å²) >= 11 is 12.2. The van der Waals surface area contributed by atoms with Gasteiger partial charge in [-0.2, -0.15) is 0 Å². The number of nitrogens with zero attached hydrogens (tertiary/aromatic N) is 1. The molecule has 4 heteroatoms. The van der Waals surface area contributed by atoms with Crippen LogP contribution in [0.15, 0.2) is 18.2 Å². The highest BCUT2D eigenvalue weighted by Crippen LogP contribution is 2.32. The standard InChI is InChI=1S/C17H27Cl2NO/c1-5-17(6-2,20(7-3)8-4)16(21)11-13-9-10-14(18)12-15(13)19/h9-10,12,16,21H,5-8,11H2,1-4H3. The maximum absolute atomic E-state index is 10.9. The molecule has 0 saturated carbocycles. The van der Waals surface area contributed by atoms with Crippen LogP contribution in [0.3, 0.4) is 0 Å². The van der Waals surface area contributed by atoms with Gasteiger partial charge in [-0.05, 0) is 43.6 Å². The zero-order chi connectivity index (χ0) is 16.0. The first-order valence-corrected chi connectivity index (χ1v) is 8.57. The summed E-state index contributed by atoms with van der Waals surface area (Å²) in [7, 11) is 0. The van der Waals surface area contributed by atoms with Crippen molar-refractivity contribution in [2.45, 2.75) is 58.6 Å². The van der Waals surface area contributed by atoms with Crippen molar-refractivity contribution in [2.75, 3.05) is 13.1 Å². The minimum Gasteiger partial charge on any atom is -0.391 e. The van der Waals surface area contributed by atoms with Gasteiger partial charge in [0.1, 0.15) is 0 Å². The van der Waals surface area contributed by atoms with Crippen LogP contribution < -0.4 is 0 Å². The molecule has 1 unspecified atom stereocenters. The number of halogens is 2. The molecule has 0 amide bonds. The molecule has 0 saturated heterocycles. The topological polar surface area (TPSA) is 23.5 Å². The average Bonchev–Trinajstić information content (AvgIpc) is 2.47. The number of benzene rings is 1. The second-order valence-electron chi connectivity index (χ2n) is 5.44. The van der Waals surface area contributed by atoms with Gasteiger partial charge >= 0.3 is 0 Å². The van der Waals surface area contributed by atoms with Crippen molar-refractivity contribution in [3.63, 3.8) is 0 Å². The quantitative estimate of drug-likeness (QED) is 0.739. The van der Waals surface area contributed by atoms with Crippen molar-refractivity contribution in [1.29, 1.82) is 0 Å². The van der Waals surface area contributed by atoms with E-state index in [-0.39, 0.29) is 5.54 Å². The van der Waals surface area contributed by atoms with Crippen molar-refractivity contribution in [3.8, 4) is 0 Å². The van der Waals surface area contributed by atoms with Crippen LogP contribution in [0, 0.1) is 0 Å². The molecule has 0 bridgehead atoms. The molecule has 0 heterocycles. The number of aliphatic hydroxyl groups is 1. The fraction of sp³-hybridized carbons (Fsp3) is 0.647. The Kier molecular flexibility index (Phi) is 7.49. The Morgan fingerprint density at radius 1 is 1.10 bits per heavy atom. The maximum Gasteiger partial charge on any atom is 0.0764 e. The highest BCUT2D eigenvalue weighted by Gasteiger charge is 2.39.